The van der Waals surface area contributed by atoms with Gasteiger partial charge in [-0.2, -0.15) is 0 Å². The molecule has 1 aliphatic rings. The van der Waals surface area contributed by atoms with E-state index in [1.807, 2.05) is 0 Å². The Hall–Kier alpha value is -1.39. The number of imidazole rings is 1. The number of benzene rings is 1. The molecular formula is C15H21N3O. The lowest BCUT2D eigenvalue weighted by atomic mass is 10.2. The van der Waals surface area contributed by atoms with E-state index >= 15 is 0 Å². The Bertz CT molecular complexity index is 586. The molecule has 0 N–H and O–H groups in total. The van der Waals surface area contributed by atoms with Gasteiger partial charge in [-0.05, 0) is 38.6 Å². The third kappa shape index (κ3) is 2.80. The van der Waals surface area contributed by atoms with Crippen molar-refractivity contribution in [2.75, 3.05) is 26.7 Å². The van der Waals surface area contributed by atoms with Gasteiger partial charge in [0.05, 0.1) is 23.7 Å². The molecule has 0 bridgehead atoms. The molecule has 1 aromatic carbocycles. The fourth-order valence-electron chi connectivity index (χ4n) is 2.53. The molecule has 4 heteroatoms. The van der Waals surface area contributed by atoms with Crippen LogP contribution in [-0.4, -0.2) is 47.3 Å². The Kier molecular flexibility index (Phi) is 3.29. The molecule has 0 saturated carbocycles. The number of hydrogen-bond acceptors (Lipinski definition) is 3. The van der Waals surface area contributed by atoms with E-state index < -0.39 is 0 Å². The molecule has 3 rings (SSSR count). The minimum absolute atomic E-state index is 0.466. The molecule has 4 nitrogen and oxygen atoms in total. The average Bonchev–Trinajstić information content (AvgIpc) is 3.10. The first-order valence-electron chi connectivity index (χ1n) is 6.87. The van der Waals surface area contributed by atoms with Crippen molar-refractivity contribution in [1.29, 1.82) is 0 Å². The van der Waals surface area contributed by atoms with E-state index in [9.17, 15) is 0 Å². The van der Waals surface area contributed by atoms with Gasteiger partial charge < -0.3 is 14.2 Å². The lowest BCUT2D eigenvalue weighted by Gasteiger charge is -2.16. The minimum Gasteiger partial charge on any atom is -0.372 e. The van der Waals surface area contributed by atoms with Gasteiger partial charge >= 0.3 is 0 Å². The highest BCUT2D eigenvalue weighted by Crippen LogP contribution is 2.17. The van der Waals surface area contributed by atoms with E-state index in [1.165, 1.54) is 11.1 Å². The smallest absolute Gasteiger partial charge is 0.106 e. The topological polar surface area (TPSA) is 33.6 Å². The Morgan fingerprint density at radius 1 is 1.42 bits per heavy atom. The maximum Gasteiger partial charge on any atom is 0.106 e. The zero-order chi connectivity index (χ0) is 13.4. The molecule has 1 unspecified atom stereocenters. The third-order valence-electron chi connectivity index (χ3n) is 3.72. The molecule has 0 spiro atoms. The molecule has 1 aliphatic heterocycles. The number of aromatic nitrogens is 2. The summed E-state index contributed by atoms with van der Waals surface area (Å²) < 4.78 is 7.57. The summed E-state index contributed by atoms with van der Waals surface area (Å²) in [5.74, 6) is 1.09. The molecule has 1 atom stereocenters. The number of fused-ring (bicyclic) bond motifs is 1. The average molecular weight is 259 g/mol. The van der Waals surface area contributed by atoms with Crippen LogP contribution in [0, 0.1) is 13.8 Å². The van der Waals surface area contributed by atoms with E-state index in [-0.39, 0.29) is 0 Å². The maximum atomic E-state index is 5.26. The van der Waals surface area contributed by atoms with E-state index in [0.29, 0.717) is 6.10 Å². The summed E-state index contributed by atoms with van der Waals surface area (Å²) in [4.78, 5) is 6.98. The normalized spacial score (nSPS) is 18.4. The highest BCUT2D eigenvalue weighted by atomic mass is 16.6. The second kappa shape index (κ2) is 4.94. The van der Waals surface area contributed by atoms with Crippen molar-refractivity contribution >= 4 is 11.0 Å². The Balaban J connectivity index is 1.74. The number of aryl methyl sites for hydroxylation is 2. The van der Waals surface area contributed by atoms with Gasteiger partial charge in [0, 0.05) is 19.6 Å². The second-order valence-electron chi connectivity index (χ2n) is 5.52. The largest absolute Gasteiger partial charge is 0.372 e. The summed E-state index contributed by atoms with van der Waals surface area (Å²) in [6.07, 6.45) is 0.466. The van der Waals surface area contributed by atoms with Crippen molar-refractivity contribution in [3.05, 3.63) is 29.6 Å². The lowest BCUT2D eigenvalue weighted by Crippen LogP contribution is -2.27. The highest BCUT2D eigenvalue weighted by Gasteiger charge is 2.23. The van der Waals surface area contributed by atoms with Gasteiger partial charge in [0.15, 0.2) is 0 Å². The predicted octanol–water partition coefficient (Wildman–Crippen LogP) is 1.98. The summed E-state index contributed by atoms with van der Waals surface area (Å²) in [6.45, 7) is 8.16. The summed E-state index contributed by atoms with van der Waals surface area (Å²) in [7, 11) is 2.15. The molecule has 102 valence electrons. The molecule has 0 radical (unpaired) electrons. The molecule has 1 saturated heterocycles. The molecule has 1 fully saturated rings. The van der Waals surface area contributed by atoms with Gasteiger partial charge in [0.1, 0.15) is 5.82 Å². The van der Waals surface area contributed by atoms with Gasteiger partial charge in [0.25, 0.3) is 0 Å². The molecule has 2 aromatic rings. The van der Waals surface area contributed by atoms with Gasteiger partial charge in [0.2, 0.25) is 0 Å². The zero-order valence-corrected chi connectivity index (χ0v) is 11.9. The van der Waals surface area contributed by atoms with Gasteiger partial charge in [-0.1, -0.05) is 6.07 Å². The van der Waals surface area contributed by atoms with E-state index in [4.69, 9.17) is 4.74 Å². The first-order valence-corrected chi connectivity index (χ1v) is 6.87. The Morgan fingerprint density at radius 3 is 2.95 bits per heavy atom. The van der Waals surface area contributed by atoms with Crippen LogP contribution < -0.4 is 0 Å². The minimum atomic E-state index is 0.466. The monoisotopic (exact) mass is 259 g/mol. The van der Waals surface area contributed by atoms with Crippen molar-refractivity contribution in [1.82, 2.24) is 14.5 Å². The van der Waals surface area contributed by atoms with Crippen LogP contribution in [0.25, 0.3) is 11.0 Å². The molecule has 1 aromatic heterocycles. The number of nitrogens with zero attached hydrogens (tertiary/aromatic N) is 3. The van der Waals surface area contributed by atoms with Crippen LogP contribution in [0.4, 0.5) is 0 Å². The Labute approximate surface area is 114 Å². The fourth-order valence-corrected chi connectivity index (χ4v) is 2.53. The molecule has 0 aliphatic carbocycles. The number of hydrogen-bond donors (Lipinski definition) is 0. The van der Waals surface area contributed by atoms with Crippen LogP contribution in [0.3, 0.4) is 0 Å². The molecule has 19 heavy (non-hydrogen) atoms. The summed E-state index contributed by atoms with van der Waals surface area (Å²) in [5, 5.41) is 0. The Morgan fingerprint density at radius 2 is 2.21 bits per heavy atom. The van der Waals surface area contributed by atoms with Gasteiger partial charge in [-0.3, -0.25) is 0 Å². The van der Waals surface area contributed by atoms with Crippen molar-refractivity contribution in [3.8, 4) is 0 Å². The third-order valence-corrected chi connectivity index (χ3v) is 3.72. The summed E-state index contributed by atoms with van der Waals surface area (Å²) in [6, 6.07) is 6.48. The molecule has 0 amide bonds. The molecular weight excluding hydrogens is 238 g/mol. The van der Waals surface area contributed by atoms with Crippen molar-refractivity contribution < 1.29 is 4.74 Å². The van der Waals surface area contributed by atoms with Crippen LogP contribution in [-0.2, 0) is 11.3 Å². The van der Waals surface area contributed by atoms with Crippen molar-refractivity contribution in [2.24, 2.45) is 0 Å². The number of rotatable bonds is 5. The number of likely N-dealkylation sites (N-methyl/N-ethyl adjacent to an activating group) is 1. The van der Waals surface area contributed by atoms with E-state index in [1.54, 1.807) is 0 Å². The number of ether oxygens (including phenoxy) is 1. The second-order valence-corrected chi connectivity index (χ2v) is 5.52. The van der Waals surface area contributed by atoms with E-state index in [0.717, 1.165) is 37.6 Å². The van der Waals surface area contributed by atoms with Gasteiger partial charge in [-0.25, -0.2) is 4.98 Å². The summed E-state index contributed by atoms with van der Waals surface area (Å²) >= 11 is 0. The standard InChI is InChI=1S/C15H21N3O/c1-11-4-5-15-14(8-11)16-12(2)18(15)7-6-17(3)9-13-10-19-13/h4-5,8,13H,6-7,9-10H2,1-3H3. The first kappa shape index (κ1) is 12.6. The fraction of sp³-hybridized carbons (Fsp3) is 0.533. The van der Waals surface area contributed by atoms with Crippen LogP contribution >= 0.6 is 0 Å². The van der Waals surface area contributed by atoms with Crippen LogP contribution in [0.1, 0.15) is 11.4 Å². The van der Waals surface area contributed by atoms with Crippen LogP contribution in [0.5, 0.6) is 0 Å². The van der Waals surface area contributed by atoms with Crippen LogP contribution in [0.15, 0.2) is 18.2 Å². The zero-order valence-electron chi connectivity index (χ0n) is 11.9. The summed E-state index contributed by atoms with van der Waals surface area (Å²) in [5.41, 5.74) is 3.60. The maximum absolute atomic E-state index is 5.26. The van der Waals surface area contributed by atoms with Crippen molar-refractivity contribution in [3.63, 3.8) is 0 Å². The first-order chi connectivity index (χ1) is 9.13. The lowest BCUT2D eigenvalue weighted by molar-refractivity contribution is 0.276. The van der Waals surface area contributed by atoms with Gasteiger partial charge in [-0.15, -0.1) is 0 Å². The van der Waals surface area contributed by atoms with E-state index in [2.05, 4.69) is 53.5 Å². The number of epoxide rings is 1. The quantitative estimate of drug-likeness (QED) is 0.770. The SMILES string of the molecule is Cc1ccc2c(c1)nc(C)n2CCN(C)CC1CO1. The predicted molar refractivity (Wildman–Crippen MR) is 76.4 cm³/mol. The van der Waals surface area contributed by atoms with Crippen LogP contribution in [0.2, 0.25) is 0 Å². The van der Waals surface area contributed by atoms with Crippen molar-refractivity contribution in [2.45, 2.75) is 26.5 Å². The highest BCUT2D eigenvalue weighted by molar-refractivity contribution is 5.76. The molecule has 2 heterocycles.